The number of carbonyl (C=O) groups is 2. The summed E-state index contributed by atoms with van der Waals surface area (Å²) in [5, 5.41) is 14.7. The molecule has 6 nitrogen and oxygen atoms in total. The molecule has 2 aromatic carbocycles. The van der Waals surface area contributed by atoms with Crippen molar-refractivity contribution in [1.29, 1.82) is 5.26 Å². The van der Waals surface area contributed by atoms with E-state index in [-0.39, 0.29) is 6.61 Å². The summed E-state index contributed by atoms with van der Waals surface area (Å²) in [5.41, 5.74) is 1.58. The summed E-state index contributed by atoms with van der Waals surface area (Å²) in [6, 6.07) is 15.5. The number of rotatable bonds is 6. The molecule has 0 bridgehead atoms. The lowest BCUT2D eigenvalue weighted by molar-refractivity contribution is -0.149. The minimum absolute atomic E-state index is 0.296. The van der Waals surface area contributed by atoms with Crippen molar-refractivity contribution in [2.24, 2.45) is 5.92 Å². The molecule has 1 aliphatic rings. The highest BCUT2D eigenvalue weighted by Crippen LogP contribution is 2.39. The number of carbonyl (C=O) groups excluding carboxylic acids is 2. The standard InChI is InChI=1S/C24H22N2O4S/c1-15-9-10-18-19(12-25)24(31-21(18)11-15)26-22(27)13-30-23(28)14-29-20-8-4-6-16-5-2-3-7-17(16)20/h2-8,15H,9-11,13-14H2,1H3,(H,26,27). The maximum Gasteiger partial charge on any atom is 0.344 e. The third kappa shape index (κ3) is 4.70. The number of nitrogens with zero attached hydrogens (tertiary/aromatic N) is 1. The second kappa shape index (κ2) is 9.19. The molecule has 1 heterocycles. The SMILES string of the molecule is CC1CCc2c(sc(NC(=O)COC(=O)COc3cccc4ccccc34)c2C#N)C1. The predicted octanol–water partition coefficient (Wildman–Crippen LogP) is 4.46. The molecule has 0 radical (unpaired) electrons. The Kier molecular flexibility index (Phi) is 6.19. The molecule has 158 valence electrons. The highest BCUT2D eigenvalue weighted by atomic mass is 32.1. The Morgan fingerprint density at radius 2 is 2.00 bits per heavy atom. The van der Waals surface area contributed by atoms with Crippen molar-refractivity contribution < 1.29 is 19.1 Å². The van der Waals surface area contributed by atoms with E-state index < -0.39 is 18.5 Å². The maximum atomic E-state index is 12.3. The van der Waals surface area contributed by atoms with Crippen LogP contribution in [0.3, 0.4) is 0 Å². The van der Waals surface area contributed by atoms with E-state index in [4.69, 9.17) is 9.47 Å². The first-order chi connectivity index (χ1) is 15.0. The first-order valence-corrected chi connectivity index (χ1v) is 11.0. The van der Waals surface area contributed by atoms with Crippen LogP contribution in [0.4, 0.5) is 5.00 Å². The lowest BCUT2D eigenvalue weighted by Crippen LogP contribution is -2.23. The number of ether oxygens (including phenoxy) is 2. The van der Waals surface area contributed by atoms with Gasteiger partial charge in [0.05, 0.1) is 5.56 Å². The molecule has 0 saturated heterocycles. The molecule has 1 N–H and O–H groups in total. The highest BCUT2D eigenvalue weighted by molar-refractivity contribution is 7.16. The summed E-state index contributed by atoms with van der Waals surface area (Å²) in [6.07, 6.45) is 2.82. The van der Waals surface area contributed by atoms with Gasteiger partial charge >= 0.3 is 5.97 Å². The van der Waals surface area contributed by atoms with Crippen LogP contribution in [0.2, 0.25) is 0 Å². The van der Waals surface area contributed by atoms with E-state index in [0.717, 1.165) is 40.5 Å². The number of amides is 1. The van der Waals surface area contributed by atoms with Crippen molar-refractivity contribution in [3.05, 3.63) is 58.5 Å². The number of esters is 1. The monoisotopic (exact) mass is 434 g/mol. The number of benzene rings is 2. The van der Waals surface area contributed by atoms with Gasteiger partial charge in [0.25, 0.3) is 5.91 Å². The molecule has 1 aromatic heterocycles. The van der Waals surface area contributed by atoms with E-state index in [1.54, 1.807) is 6.07 Å². The summed E-state index contributed by atoms with van der Waals surface area (Å²) in [5.74, 6) is 0.0463. The molecular formula is C24H22N2O4S. The number of hydrogen-bond donors (Lipinski definition) is 1. The van der Waals surface area contributed by atoms with Gasteiger partial charge in [0.1, 0.15) is 16.8 Å². The fourth-order valence-corrected chi connectivity index (χ4v) is 5.14. The Morgan fingerprint density at radius 3 is 2.84 bits per heavy atom. The fourth-order valence-electron chi connectivity index (χ4n) is 3.77. The van der Waals surface area contributed by atoms with Gasteiger partial charge in [0, 0.05) is 10.3 Å². The largest absolute Gasteiger partial charge is 0.481 e. The van der Waals surface area contributed by atoms with E-state index in [2.05, 4.69) is 18.3 Å². The van der Waals surface area contributed by atoms with Crippen molar-refractivity contribution in [2.75, 3.05) is 18.5 Å². The molecule has 7 heteroatoms. The molecule has 1 unspecified atom stereocenters. The van der Waals surface area contributed by atoms with Crippen LogP contribution in [0.5, 0.6) is 5.75 Å². The quantitative estimate of drug-likeness (QED) is 0.579. The maximum absolute atomic E-state index is 12.3. The normalized spacial score (nSPS) is 15.0. The Labute approximate surface area is 184 Å². The van der Waals surface area contributed by atoms with Crippen molar-refractivity contribution >= 4 is 39.0 Å². The van der Waals surface area contributed by atoms with E-state index >= 15 is 0 Å². The zero-order valence-corrected chi connectivity index (χ0v) is 18.0. The van der Waals surface area contributed by atoms with Gasteiger partial charge in [-0.15, -0.1) is 11.3 Å². The lowest BCUT2D eigenvalue weighted by Gasteiger charge is -2.17. The van der Waals surface area contributed by atoms with Gasteiger partial charge in [0.15, 0.2) is 13.2 Å². The van der Waals surface area contributed by atoms with Crippen molar-refractivity contribution in [1.82, 2.24) is 0 Å². The number of fused-ring (bicyclic) bond motifs is 2. The van der Waals surface area contributed by atoms with Gasteiger partial charge in [-0.2, -0.15) is 5.26 Å². The van der Waals surface area contributed by atoms with Crippen molar-refractivity contribution in [2.45, 2.75) is 26.2 Å². The number of nitrogens with one attached hydrogen (secondary N) is 1. The number of thiophene rings is 1. The third-order valence-corrected chi connectivity index (χ3v) is 6.51. The Balaban J connectivity index is 1.31. The average Bonchev–Trinajstić information content (AvgIpc) is 3.11. The van der Waals surface area contributed by atoms with Gasteiger partial charge in [-0.25, -0.2) is 4.79 Å². The number of hydrogen-bond acceptors (Lipinski definition) is 6. The molecule has 1 amide bonds. The van der Waals surface area contributed by atoms with Crippen LogP contribution in [0.1, 0.15) is 29.3 Å². The lowest BCUT2D eigenvalue weighted by atomic mass is 9.89. The van der Waals surface area contributed by atoms with Crippen LogP contribution in [0, 0.1) is 17.2 Å². The zero-order chi connectivity index (χ0) is 21.8. The van der Waals surface area contributed by atoms with Crippen LogP contribution >= 0.6 is 11.3 Å². The number of nitriles is 1. The van der Waals surface area contributed by atoms with Gasteiger partial charge in [-0.05, 0) is 42.2 Å². The molecular weight excluding hydrogens is 412 g/mol. The zero-order valence-electron chi connectivity index (χ0n) is 17.1. The molecule has 0 spiro atoms. The summed E-state index contributed by atoms with van der Waals surface area (Å²) in [6.45, 7) is 1.46. The van der Waals surface area contributed by atoms with Crippen LogP contribution in [0.15, 0.2) is 42.5 Å². The third-order valence-electron chi connectivity index (χ3n) is 5.34. The Hall–Kier alpha value is -3.37. The van der Waals surface area contributed by atoms with Gasteiger partial charge in [0.2, 0.25) is 0 Å². The van der Waals surface area contributed by atoms with Gasteiger partial charge in [-0.1, -0.05) is 43.3 Å². The summed E-state index contributed by atoms with van der Waals surface area (Å²) in [7, 11) is 0. The predicted molar refractivity (Wildman–Crippen MR) is 119 cm³/mol. The summed E-state index contributed by atoms with van der Waals surface area (Å²) >= 11 is 1.44. The molecule has 1 aliphatic carbocycles. The first kappa shape index (κ1) is 20.9. The Bertz CT molecular complexity index is 1170. The van der Waals surface area contributed by atoms with Gasteiger partial charge in [-0.3, -0.25) is 4.79 Å². The minimum Gasteiger partial charge on any atom is -0.481 e. The Morgan fingerprint density at radius 1 is 1.19 bits per heavy atom. The molecule has 0 fully saturated rings. The number of anilines is 1. The molecule has 1 atom stereocenters. The molecule has 31 heavy (non-hydrogen) atoms. The van der Waals surface area contributed by atoms with Crippen LogP contribution in [-0.4, -0.2) is 25.1 Å². The van der Waals surface area contributed by atoms with Crippen molar-refractivity contribution in [3.63, 3.8) is 0 Å². The summed E-state index contributed by atoms with van der Waals surface area (Å²) in [4.78, 5) is 25.5. The van der Waals surface area contributed by atoms with E-state index in [1.165, 1.54) is 11.3 Å². The molecule has 4 rings (SSSR count). The van der Waals surface area contributed by atoms with E-state index in [9.17, 15) is 14.9 Å². The highest BCUT2D eigenvalue weighted by Gasteiger charge is 2.24. The summed E-state index contributed by atoms with van der Waals surface area (Å²) < 4.78 is 10.6. The second-order valence-corrected chi connectivity index (χ2v) is 8.75. The first-order valence-electron chi connectivity index (χ1n) is 10.2. The molecule has 0 saturated carbocycles. The fraction of sp³-hybridized carbons (Fsp3) is 0.292. The average molecular weight is 435 g/mol. The molecule has 0 aliphatic heterocycles. The topological polar surface area (TPSA) is 88.4 Å². The van der Waals surface area contributed by atoms with Crippen LogP contribution in [-0.2, 0) is 27.2 Å². The van der Waals surface area contributed by atoms with Crippen LogP contribution in [0.25, 0.3) is 10.8 Å². The van der Waals surface area contributed by atoms with Crippen molar-refractivity contribution in [3.8, 4) is 11.8 Å². The van der Waals surface area contributed by atoms with Gasteiger partial charge < -0.3 is 14.8 Å². The van der Waals surface area contributed by atoms with E-state index in [1.807, 2.05) is 36.4 Å². The molecule has 3 aromatic rings. The second-order valence-electron chi connectivity index (χ2n) is 7.64. The van der Waals surface area contributed by atoms with Crippen LogP contribution < -0.4 is 10.1 Å². The smallest absolute Gasteiger partial charge is 0.344 e. The van der Waals surface area contributed by atoms with E-state index in [0.29, 0.717) is 22.2 Å². The minimum atomic E-state index is -0.636.